The Labute approximate surface area is 205 Å². The van der Waals surface area contributed by atoms with Crippen LogP contribution in [0.15, 0.2) is 58.5 Å². The molecule has 0 saturated heterocycles. The van der Waals surface area contributed by atoms with Gasteiger partial charge in [-0.15, -0.1) is 0 Å². The molecule has 1 amide bonds. The van der Waals surface area contributed by atoms with E-state index >= 15 is 0 Å². The Morgan fingerprint density at radius 3 is 2.38 bits per heavy atom. The van der Waals surface area contributed by atoms with Crippen molar-refractivity contribution in [3.8, 4) is 0 Å². The molecular formula is C27H33N3O3S. The molecule has 34 heavy (non-hydrogen) atoms. The van der Waals surface area contributed by atoms with Gasteiger partial charge in [0.1, 0.15) is 0 Å². The van der Waals surface area contributed by atoms with E-state index in [0.717, 1.165) is 25.7 Å². The molecule has 0 aliphatic rings. The molecule has 180 valence electrons. The molecule has 2 aromatic carbocycles. The third-order valence-corrected chi connectivity index (χ3v) is 6.52. The lowest BCUT2D eigenvalue weighted by atomic mass is 9.95. The highest BCUT2D eigenvalue weighted by atomic mass is 32.2. The molecule has 3 aromatic rings. The largest absolute Gasteiger partial charge is 0.326 e. The smallest absolute Gasteiger partial charge is 0.262 e. The average molecular weight is 480 g/mol. The van der Waals surface area contributed by atoms with Crippen LogP contribution in [-0.4, -0.2) is 27.0 Å². The van der Waals surface area contributed by atoms with E-state index in [1.807, 2.05) is 39.0 Å². The second-order valence-electron chi connectivity index (χ2n) is 9.42. The van der Waals surface area contributed by atoms with Gasteiger partial charge in [-0.05, 0) is 42.8 Å². The Hall–Kier alpha value is -2.93. The Kier molecular flexibility index (Phi) is 8.67. The van der Waals surface area contributed by atoms with Crippen LogP contribution in [0.3, 0.4) is 0 Å². The zero-order chi connectivity index (χ0) is 24.7. The fraction of sp³-hybridized carbons (Fsp3) is 0.407. The van der Waals surface area contributed by atoms with Crippen molar-refractivity contribution in [3.63, 3.8) is 0 Å². The van der Waals surface area contributed by atoms with Crippen molar-refractivity contribution < 1.29 is 9.59 Å². The molecule has 3 rings (SSSR count). The number of nitrogens with one attached hydrogen (secondary N) is 1. The molecule has 1 aromatic heterocycles. The lowest BCUT2D eigenvalue weighted by Gasteiger charge is -2.17. The quantitative estimate of drug-likeness (QED) is 0.169. The first kappa shape index (κ1) is 25.7. The van der Waals surface area contributed by atoms with E-state index in [1.165, 1.54) is 11.8 Å². The monoisotopic (exact) mass is 479 g/mol. The summed E-state index contributed by atoms with van der Waals surface area (Å²) in [6, 6.07) is 14.2. The van der Waals surface area contributed by atoms with Crippen molar-refractivity contribution in [2.24, 2.45) is 5.41 Å². The third-order valence-electron chi connectivity index (χ3n) is 5.54. The van der Waals surface area contributed by atoms with Crippen molar-refractivity contribution in [2.75, 3.05) is 11.1 Å². The molecule has 6 nitrogen and oxygen atoms in total. The summed E-state index contributed by atoms with van der Waals surface area (Å²) in [6.45, 7) is 8.29. The number of thioether (sulfide) groups is 1. The van der Waals surface area contributed by atoms with E-state index < -0.39 is 5.41 Å². The van der Waals surface area contributed by atoms with Crippen molar-refractivity contribution in [1.29, 1.82) is 0 Å². The second kappa shape index (κ2) is 11.5. The van der Waals surface area contributed by atoms with Crippen molar-refractivity contribution >= 4 is 40.0 Å². The van der Waals surface area contributed by atoms with Gasteiger partial charge >= 0.3 is 0 Å². The summed E-state index contributed by atoms with van der Waals surface area (Å²) in [4.78, 5) is 42.8. The van der Waals surface area contributed by atoms with E-state index in [-0.39, 0.29) is 23.0 Å². The van der Waals surface area contributed by atoms with Gasteiger partial charge in [0.15, 0.2) is 10.9 Å². The Balaban J connectivity index is 1.74. The maximum absolute atomic E-state index is 13.1. The number of hydrogen-bond acceptors (Lipinski definition) is 5. The summed E-state index contributed by atoms with van der Waals surface area (Å²) in [7, 11) is 0. The van der Waals surface area contributed by atoms with Crippen molar-refractivity contribution in [1.82, 2.24) is 9.55 Å². The van der Waals surface area contributed by atoms with Crippen LogP contribution in [0.25, 0.3) is 10.9 Å². The molecule has 0 saturated carbocycles. The number of carbonyl (C=O) groups is 2. The number of benzene rings is 2. The van der Waals surface area contributed by atoms with Gasteiger partial charge in [0.05, 0.1) is 16.7 Å². The fourth-order valence-corrected chi connectivity index (χ4v) is 4.34. The number of amides is 1. The molecule has 0 fully saturated rings. The fourth-order valence-electron chi connectivity index (χ4n) is 3.42. The summed E-state index contributed by atoms with van der Waals surface area (Å²) in [5, 5.41) is 4.03. The Bertz CT molecular complexity index is 1210. The first-order valence-corrected chi connectivity index (χ1v) is 12.8. The van der Waals surface area contributed by atoms with E-state index in [2.05, 4.69) is 12.2 Å². The second-order valence-corrected chi connectivity index (χ2v) is 10.4. The van der Waals surface area contributed by atoms with Crippen molar-refractivity contribution in [2.45, 2.75) is 65.1 Å². The number of unbranched alkanes of at least 4 members (excludes halogenated alkanes) is 3. The van der Waals surface area contributed by atoms with Gasteiger partial charge in [-0.25, -0.2) is 4.98 Å². The van der Waals surface area contributed by atoms with E-state index in [0.29, 0.717) is 33.9 Å². The number of aromatic nitrogens is 2. The third kappa shape index (κ3) is 6.56. The highest BCUT2D eigenvalue weighted by molar-refractivity contribution is 7.99. The normalized spacial score (nSPS) is 11.5. The van der Waals surface area contributed by atoms with Gasteiger partial charge in [-0.1, -0.05) is 70.9 Å². The zero-order valence-corrected chi connectivity index (χ0v) is 21.2. The van der Waals surface area contributed by atoms with Crippen LogP contribution in [0.5, 0.6) is 0 Å². The van der Waals surface area contributed by atoms with Gasteiger partial charge in [0.25, 0.3) is 5.56 Å². The van der Waals surface area contributed by atoms with E-state index in [9.17, 15) is 14.4 Å². The lowest BCUT2D eigenvalue weighted by molar-refractivity contribution is -0.123. The number of carbonyl (C=O) groups excluding carboxylic acids is 2. The van der Waals surface area contributed by atoms with Gasteiger partial charge in [-0.2, -0.15) is 0 Å². The molecular weight excluding hydrogens is 446 g/mol. The molecule has 7 heteroatoms. The first-order chi connectivity index (χ1) is 16.2. The minimum Gasteiger partial charge on any atom is -0.326 e. The van der Waals surface area contributed by atoms with Crippen LogP contribution < -0.4 is 10.9 Å². The molecule has 0 bridgehead atoms. The van der Waals surface area contributed by atoms with Crippen LogP contribution in [-0.2, 0) is 11.3 Å². The number of rotatable bonds is 10. The van der Waals surface area contributed by atoms with Crippen LogP contribution in [0, 0.1) is 5.41 Å². The molecule has 0 unspecified atom stereocenters. The average Bonchev–Trinajstić information content (AvgIpc) is 2.81. The predicted octanol–water partition coefficient (Wildman–Crippen LogP) is 5.94. The Morgan fingerprint density at radius 1 is 1.00 bits per heavy atom. The van der Waals surface area contributed by atoms with Gasteiger partial charge in [0.2, 0.25) is 5.91 Å². The van der Waals surface area contributed by atoms with Crippen molar-refractivity contribution in [3.05, 3.63) is 64.4 Å². The zero-order valence-electron chi connectivity index (χ0n) is 20.4. The molecule has 1 N–H and O–H groups in total. The highest BCUT2D eigenvalue weighted by Gasteiger charge is 2.21. The van der Waals surface area contributed by atoms with Gasteiger partial charge < -0.3 is 5.32 Å². The summed E-state index contributed by atoms with van der Waals surface area (Å²) in [5.74, 6) is 0.0352. The van der Waals surface area contributed by atoms with Crippen LogP contribution in [0.2, 0.25) is 0 Å². The molecule has 0 aliphatic heterocycles. The summed E-state index contributed by atoms with van der Waals surface area (Å²) < 4.78 is 1.71. The molecule has 0 aliphatic carbocycles. The number of ketones is 1. The minimum atomic E-state index is -0.496. The molecule has 0 atom stereocenters. The maximum Gasteiger partial charge on any atom is 0.262 e. The molecule has 1 heterocycles. The first-order valence-electron chi connectivity index (χ1n) is 11.8. The van der Waals surface area contributed by atoms with E-state index in [4.69, 9.17) is 4.98 Å². The predicted molar refractivity (Wildman–Crippen MR) is 140 cm³/mol. The lowest BCUT2D eigenvalue weighted by Crippen LogP contribution is -2.27. The minimum absolute atomic E-state index is 0.0568. The number of nitrogens with zero attached hydrogens (tertiary/aromatic N) is 2. The Morgan fingerprint density at radius 2 is 1.71 bits per heavy atom. The molecule has 0 radical (unpaired) electrons. The van der Waals surface area contributed by atoms with E-state index in [1.54, 1.807) is 34.9 Å². The molecule has 0 spiro atoms. The van der Waals surface area contributed by atoms with Crippen LogP contribution in [0.1, 0.15) is 63.7 Å². The summed E-state index contributed by atoms with van der Waals surface area (Å²) in [6.07, 6.45) is 4.20. The summed E-state index contributed by atoms with van der Waals surface area (Å²) in [5.41, 5.74) is 1.30. The van der Waals surface area contributed by atoms with Crippen LogP contribution >= 0.6 is 11.8 Å². The SMILES string of the molecule is CCCCCCn1c(SCC(=O)c2ccc(NC(=O)C(C)(C)C)cc2)nc2ccccc2c1=O. The number of hydrogen-bond donors (Lipinski definition) is 1. The maximum atomic E-state index is 13.1. The number of fused-ring (bicyclic) bond motifs is 1. The standard InChI is InChI=1S/C27H33N3O3S/c1-5-6-7-10-17-30-24(32)21-11-8-9-12-22(21)29-26(30)34-18-23(31)19-13-15-20(16-14-19)28-25(33)27(2,3)4/h8-9,11-16H,5-7,10,17-18H2,1-4H3,(H,28,33). The van der Waals surface area contributed by atoms with Gasteiger partial charge in [0, 0.05) is 23.2 Å². The summed E-state index contributed by atoms with van der Waals surface area (Å²) >= 11 is 1.29. The van der Waals surface area contributed by atoms with Crippen LogP contribution in [0.4, 0.5) is 5.69 Å². The topological polar surface area (TPSA) is 81.1 Å². The van der Waals surface area contributed by atoms with Gasteiger partial charge in [-0.3, -0.25) is 19.0 Å². The number of Topliss-reactive ketones (excluding diaryl/α,β-unsaturated/α-hetero) is 1. The highest BCUT2D eigenvalue weighted by Crippen LogP contribution is 2.22. The number of anilines is 1. The number of para-hydroxylation sites is 1.